The summed E-state index contributed by atoms with van der Waals surface area (Å²) >= 11 is 0. The van der Waals surface area contributed by atoms with E-state index in [1.54, 1.807) is 0 Å². The Kier molecular flexibility index (Phi) is 3.72. The van der Waals surface area contributed by atoms with Crippen molar-refractivity contribution in [1.82, 2.24) is 0 Å². The van der Waals surface area contributed by atoms with Crippen molar-refractivity contribution in [3.8, 4) is 0 Å². The molecule has 0 radical (unpaired) electrons. The molecule has 1 N–H and O–H groups in total. The number of carbonyl (C=O) groups is 1. The molecule has 2 nitrogen and oxygen atoms in total. The van der Waals surface area contributed by atoms with Gasteiger partial charge >= 0.3 is 5.97 Å². The quantitative estimate of drug-likeness (QED) is 0.767. The van der Waals surface area contributed by atoms with Crippen molar-refractivity contribution in [2.45, 2.75) is 46.5 Å². The van der Waals surface area contributed by atoms with E-state index in [-0.39, 0.29) is 11.8 Å². The number of hydrogen-bond acceptors (Lipinski definition) is 1. The van der Waals surface area contributed by atoms with Crippen molar-refractivity contribution in [3.63, 3.8) is 0 Å². The van der Waals surface area contributed by atoms with Gasteiger partial charge in [0.2, 0.25) is 0 Å². The van der Waals surface area contributed by atoms with Crippen LogP contribution < -0.4 is 0 Å². The van der Waals surface area contributed by atoms with Crippen molar-refractivity contribution in [1.29, 1.82) is 0 Å². The Labute approximate surface area is 91.7 Å². The zero-order valence-corrected chi connectivity index (χ0v) is 9.84. The molecule has 0 atom stereocenters. The minimum absolute atomic E-state index is 0.0234. The first-order chi connectivity index (χ1) is 6.92. The minimum Gasteiger partial charge on any atom is -0.481 e. The fraction of sp³-hybridized carbons (Fsp3) is 0.615. The molecule has 1 rings (SSSR count). The molecule has 0 fully saturated rings. The number of carboxylic acids is 1. The maximum atomic E-state index is 10.5. The first kappa shape index (κ1) is 12.0. The Morgan fingerprint density at radius 3 is 2.53 bits per heavy atom. The Morgan fingerprint density at radius 1 is 1.40 bits per heavy atom. The summed E-state index contributed by atoms with van der Waals surface area (Å²) in [6.07, 6.45) is 7.49. The van der Waals surface area contributed by atoms with Crippen LogP contribution in [-0.4, -0.2) is 11.1 Å². The van der Waals surface area contributed by atoms with Crippen molar-refractivity contribution in [2.75, 3.05) is 0 Å². The van der Waals surface area contributed by atoms with Crippen LogP contribution in [0, 0.1) is 5.41 Å². The molecule has 0 unspecified atom stereocenters. The summed E-state index contributed by atoms with van der Waals surface area (Å²) in [6, 6.07) is 0. The van der Waals surface area contributed by atoms with Gasteiger partial charge in [-0.1, -0.05) is 37.1 Å². The monoisotopic (exact) mass is 208 g/mol. The summed E-state index contributed by atoms with van der Waals surface area (Å²) < 4.78 is 0. The standard InChI is InChI=1S/C13H20O2/c1-10-4-6-11(7-5-10)13(2,3)9-8-12(14)15/h4,6H,5,7-9H2,1-3H3,(H,14,15). The summed E-state index contributed by atoms with van der Waals surface area (Å²) in [5.41, 5.74) is 2.82. The Morgan fingerprint density at radius 2 is 2.07 bits per heavy atom. The zero-order valence-electron chi connectivity index (χ0n) is 9.84. The molecule has 0 aromatic heterocycles. The third-order valence-corrected chi connectivity index (χ3v) is 3.19. The van der Waals surface area contributed by atoms with Gasteiger partial charge in [-0.05, 0) is 31.6 Å². The van der Waals surface area contributed by atoms with Crippen LogP contribution in [0.2, 0.25) is 0 Å². The lowest BCUT2D eigenvalue weighted by molar-refractivity contribution is -0.137. The van der Waals surface area contributed by atoms with Crippen LogP contribution in [0.1, 0.15) is 46.5 Å². The second-order valence-corrected chi connectivity index (χ2v) is 4.98. The molecular weight excluding hydrogens is 188 g/mol. The van der Waals surface area contributed by atoms with Gasteiger partial charge in [-0.25, -0.2) is 0 Å². The van der Waals surface area contributed by atoms with Gasteiger partial charge in [0, 0.05) is 6.42 Å². The Bertz CT molecular complexity index is 308. The predicted molar refractivity (Wildman–Crippen MR) is 61.7 cm³/mol. The summed E-state index contributed by atoms with van der Waals surface area (Å²) in [5.74, 6) is -0.703. The largest absolute Gasteiger partial charge is 0.481 e. The van der Waals surface area contributed by atoms with E-state index in [2.05, 4.69) is 32.9 Å². The molecule has 1 aliphatic rings. The summed E-state index contributed by atoms with van der Waals surface area (Å²) in [7, 11) is 0. The molecule has 0 aliphatic heterocycles. The van der Waals surface area contributed by atoms with E-state index in [1.807, 2.05) is 0 Å². The molecule has 0 aromatic carbocycles. The normalized spacial score (nSPS) is 17.0. The number of aliphatic carboxylic acids is 1. The van der Waals surface area contributed by atoms with Crippen LogP contribution >= 0.6 is 0 Å². The van der Waals surface area contributed by atoms with Crippen molar-refractivity contribution in [3.05, 3.63) is 23.3 Å². The van der Waals surface area contributed by atoms with Crippen LogP contribution in [0.25, 0.3) is 0 Å². The average molecular weight is 208 g/mol. The van der Waals surface area contributed by atoms with Crippen LogP contribution in [0.4, 0.5) is 0 Å². The van der Waals surface area contributed by atoms with E-state index >= 15 is 0 Å². The maximum absolute atomic E-state index is 10.5. The SMILES string of the molecule is CC1=CC=C(C(C)(C)CCC(=O)O)CC1. The molecule has 2 heteroatoms. The molecule has 84 valence electrons. The van der Waals surface area contributed by atoms with Crippen molar-refractivity contribution in [2.24, 2.45) is 5.41 Å². The predicted octanol–water partition coefficient (Wildman–Crippen LogP) is 3.54. The first-order valence-corrected chi connectivity index (χ1v) is 5.50. The number of rotatable bonds is 4. The smallest absolute Gasteiger partial charge is 0.303 e. The first-order valence-electron chi connectivity index (χ1n) is 5.50. The second kappa shape index (κ2) is 4.65. The third kappa shape index (κ3) is 3.54. The molecule has 0 bridgehead atoms. The van der Waals surface area contributed by atoms with E-state index in [1.165, 1.54) is 11.1 Å². The second-order valence-electron chi connectivity index (χ2n) is 4.98. The highest BCUT2D eigenvalue weighted by molar-refractivity contribution is 5.66. The molecule has 0 aromatic rings. The van der Waals surface area contributed by atoms with Crippen LogP contribution in [0.5, 0.6) is 0 Å². The van der Waals surface area contributed by atoms with Gasteiger partial charge in [-0.15, -0.1) is 0 Å². The van der Waals surface area contributed by atoms with E-state index < -0.39 is 5.97 Å². The lowest BCUT2D eigenvalue weighted by atomic mass is 9.76. The molecule has 15 heavy (non-hydrogen) atoms. The fourth-order valence-electron chi connectivity index (χ4n) is 1.89. The average Bonchev–Trinajstić information content (AvgIpc) is 2.16. The van der Waals surface area contributed by atoms with Gasteiger partial charge in [-0.2, -0.15) is 0 Å². The van der Waals surface area contributed by atoms with E-state index in [4.69, 9.17) is 5.11 Å². The molecule has 0 saturated carbocycles. The summed E-state index contributed by atoms with van der Waals surface area (Å²) in [5, 5.41) is 8.69. The topological polar surface area (TPSA) is 37.3 Å². The molecule has 0 heterocycles. The highest BCUT2D eigenvalue weighted by atomic mass is 16.4. The lowest BCUT2D eigenvalue weighted by Gasteiger charge is -2.29. The fourth-order valence-corrected chi connectivity index (χ4v) is 1.89. The number of carboxylic acid groups (broad SMARTS) is 1. The maximum Gasteiger partial charge on any atom is 0.303 e. The van der Waals surface area contributed by atoms with Gasteiger partial charge in [-0.3, -0.25) is 4.79 Å². The Hall–Kier alpha value is -1.05. The molecule has 0 saturated heterocycles. The van der Waals surface area contributed by atoms with Crippen molar-refractivity contribution < 1.29 is 9.90 Å². The van der Waals surface area contributed by atoms with E-state index in [9.17, 15) is 4.79 Å². The molecule has 1 aliphatic carbocycles. The van der Waals surface area contributed by atoms with Gasteiger partial charge in [0.15, 0.2) is 0 Å². The highest BCUT2D eigenvalue weighted by Gasteiger charge is 2.24. The van der Waals surface area contributed by atoms with Gasteiger partial charge in [0.05, 0.1) is 0 Å². The van der Waals surface area contributed by atoms with E-state index in [0.717, 1.165) is 19.3 Å². The molecule has 0 amide bonds. The van der Waals surface area contributed by atoms with Crippen LogP contribution in [0.3, 0.4) is 0 Å². The van der Waals surface area contributed by atoms with Crippen molar-refractivity contribution >= 4 is 5.97 Å². The number of allylic oxidation sites excluding steroid dienone is 4. The lowest BCUT2D eigenvalue weighted by Crippen LogP contribution is -2.17. The summed E-state index contributed by atoms with van der Waals surface area (Å²) in [6.45, 7) is 6.41. The highest BCUT2D eigenvalue weighted by Crippen LogP contribution is 2.37. The van der Waals surface area contributed by atoms with Gasteiger partial charge in [0.25, 0.3) is 0 Å². The van der Waals surface area contributed by atoms with Crippen LogP contribution in [0.15, 0.2) is 23.3 Å². The minimum atomic E-state index is -0.703. The molecular formula is C13H20O2. The zero-order chi connectivity index (χ0) is 11.5. The van der Waals surface area contributed by atoms with E-state index in [0.29, 0.717) is 0 Å². The Balaban J connectivity index is 2.65. The van der Waals surface area contributed by atoms with Crippen LogP contribution in [-0.2, 0) is 4.79 Å². The number of hydrogen-bond donors (Lipinski definition) is 1. The van der Waals surface area contributed by atoms with Gasteiger partial charge in [0.1, 0.15) is 0 Å². The summed E-state index contributed by atoms with van der Waals surface area (Å²) in [4.78, 5) is 10.5. The van der Waals surface area contributed by atoms with Gasteiger partial charge < -0.3 is 5.11 Å². The molecule has 0 spiro atoms. The third-order valence-electron chi connectivity index (χ3n) is 3.19.